The van der Waals surface area contributed by atoms with E-state index in [-0.39, 0.29) is 5.82 Å². The third-order valence-corrected chi connectivity index (χ3v) is 3.87. The smallest absolute Gasteiger partial charge is 0.123 e. The number of benzene rings is 2. The highest BCUT2D eigenvalue weighted by atomic mass is 79.9. The van der Waals surface area contributed by atoms with Gasteiger partial charge in [-0.05, 0) is 42.3 Å². The van der Waals surface area contributed by atoms with Gasteiger partial charge in [0.25, 0.3) is 0 Å². The van der Waals surface area contributed by atoms with Crippen molar-refractivity contribution in [3.63, 3.8) is 0 Å². The molecule has 0 fully saturated rings. The Morgan fingerprint density at radius 2 is 1.89 bits per heavy atom. The van der Waals surface area contributed by atoms with Crippen molar-refractivity contribution in [1.82, 2.24) is 0 Å². The minimum Gasteiger partial charge on any atom is -0.387 e. The molecule has 0 aliphatic carbocycles. The van der Waals surface area contributed by atoms with Crippen LogP contribution in [0, 0.1) is 12.7 Å². The molecule has 4 heteroatoms. The second-order valence-corrected chi connectivity index (χ2v) is 5.21. The highest BCUT2D eigenvalue weighted by Gasteiger charge is 2.08. The van der Waals surface area contributed by atoms with Gasteiger partial charge in [-0.3, -0.25) is 0 Å². The van der Waals surface area contributed by atoms with E-state index >= 15 is 0 Å². The quantitative estimate of drug-likeness (QED) is 0.889. The van der Waals surface area contributed by atoms with Gasteiger partial charge in [0.2, 0.25) is 0 Å². The molecule has 2 N–H and O–H groups in total. The minimum atomic E-state index is -0.668. The molecule has 0 spiro atoms. The molecule has 0 aliphatic rings. The number of nitrogens with one attached hydrogen (secondary N) is 1. The summed E-state index contributed by atoms with van der Waals surface area (Å²) >= 11 is 3.46. The fraction of sp³-hybridized carbons (Fsp3) is 0.200. The van der Waals surface area contributed by atoms with Gasteiger partial charge in [-0.25, -0.2) is 4.39 Å². The Bertz CT molecular complexity index is 557. The highest BCUT2D eigenvalue weighted by molar-refractivity contribution is 9.10. The predicted molar refractivity (Wildman–Crippen MR) is 78.7 cm³/mol. The molecule has 2 aromatic rings. The number of hydrogen-bond acceptors (Lipinski definition) is 2. The molecule has 0 saturated carbocycles. The van der Waals surface area contributed by atoms with Crippen LogP contribution in [0.3, 0.4) is 0 Å². The van der Waals surface area contributed by atoms with E-state index in [0.717, 1.165) is 15.7 Å². The monoisotopic (exact) mass is 323 g/mol. The van der Waals surface area contributed by atoms with Gasteiger partial charge in [-0.1, -0.05) is 34.1 Å². The lowest BCUT2D eigenvalue weighted by molar-refractivity contribution is 0.191. The molecule has 0 radical (unpaired) electrons. The Morgan fingerprint density at radius 3 is 2.58 bits per heavy atom. The topological polar surface area (TPSA) is 32.3 Å². The van der Waals surface area contributed by atoms with E-state index in [0.29, 0.717) is 12.1 Å². The summed E-state index contributed by atoms with van der Waals surface area (Å²) in [5, 5.41) is 13.2. The van der Waals surface area contributed by atoms with Crippen LogP contribution in [0.2, 0.25) is 0 Å². The van der Waals surface area contributed by atoms with E-state index in [2.05, 4.69) is 21.2 Å². The summed E-state index contributed by atoms with van der Waals surface area (Å²) in [5.74, 6) is -0.299. The lowest BCUT2D eigenvalue weighted by Crippen LogP contribution is -2.12. The van der Waals surface area contributed by atoms with E-state index in [1.165, 1.54) is 12.1 Å². The first-order chi connectivity index (χ1) is 9.08. The Hall–Kier alpha value is -1.39. The Balaban J connectivity index is 2.02. The number of anilines is 1. The predicted octanol–water partition coefficient (Wildman–Crippen LogP) is 4.04. The molecule has 0 aromatic heterocycles. The third kappa shape index (κ3) is 3.55. The fourth-order valence-electron chi connectivity index (χ4n) is 1.81. The standard InChI is InChI=1S/C15H15BrFNO/c1-10-13(16)3-2-4-14(10)18-9-15(19)11-5-7-12(17)8-6-11/h2-8,15,18-19H,9H2,1H3. The first-order valence-corrected chi connectivity index (χ1v) is 6.80. The molecule has 0 heterocycles. The summed E-state index contributed by atoms with van der Waals surface area (Å²) < 4.78 is 13.8. The molecule has 0 aliphatic heterocycles. The van der Waals surface area contributed by atoms with Gasteiger partial charge in [0, 0.05) is 16.7 Å². The molecule has 2 nitrogen and oxygen atoms in total. The second kappa shape index (κ2) is 6.17. The van der Waals surface area contributed by atoms with Crippen molar-refractivity contribution in [3.05, 3.63) is 63.9 Å². The molecule has 0 amide bonds. The first-order valence-electron chi connectivity index (χ1n) is 6.00. The summed E-state index contributed by atoms with van der Waals surface area (Å²) in [7, 11) is 0. The largest absolute Gasteiger partial charge is 0.387 e. The van der Waals surface area contributed by atoms with Crippen molar-refractivity contribution in [2.75, 3.05) is 11.9 Å². The van der Waals surface area contributed by atoms with E-state index in [1.54, 1.807) is 12.1 Å². The van der Waals surface area contributed by atoms with Crippen LogP contribution in [-0.4, -0.2) is 11.7 Å². The average Bonchev–Trinajstić information content (AvgIpc) is 2.41. The van der Waals surface area contributed by atoms with Crippen molar-refractivity contribution >= 4 is 21.6 Å². The van der Waals surface area contributed by atoms with Gasteiger partial charge < -0.3 is 10.4 Å². The van der Waals surface area contributed by atoms with Crippen molar-refractivity contribution in [2.45, 2.75) is 13.0 Å². The number of hydrogen-bond donors (Lipinski definition) is 2. The van der Waals surface area contributed by atoms with Gasteiger partial charge in [-0.15, -0.1) is 0 Å². The minimum absolute atomic E-state index is 0.299. The third-order valence-electron chi connectivity index (χ3n) is 3.01. The maximum atomic E-state index is 12.8. The van der Waals surface area contributed by atoms with Gasteiger partial charge >= 0.3 is 0 Å². The molecule has 1 unspecified atom stereocenters. The lowest BCUT2D eigenvalue weighted by atomic mass is 10.1. The summed E-state index contributed by atoms with van der Waals surface area (Å²) in [6.45, 7) is 2.37. The van der Waals surface area contributed by atoms with Crippen molar-refractivity contribution in [3.8, 4) is 0 Å². The van der Waals surface area contributed by atoms with Crippen molar-refractivity contribution in [1.29, 1.82) is 0 Å². The molecule has 1 atom stereocenters. The first kappa shape index (κ1) is 14.0. The van der Waals surface area contributed by atoms with Crippen LogP contribution in [0.25, 0.3) is 0 Å². The maximum Gasteiger partial charge on any atom is 0.123 e. The zero-order chi connectivity index (χ0) is 13.8. The van der Waals surface area contributed by atoms with Crippen LogP contribution in [0.15, 0.2) is 46.9 Å². The Labute approximate surface area is 120 Å². The zero-order valence-electron chi connectivity index (χ0n) is 10.5. The van der Waals surface area contributed by atoms with Crippen LogP contribution >= 0.6 is 15.9 Å². The van der Waals surface area contributed by atoms with Crippen molar-refractivity contribution < 1.29 is 9.50 Å². The van der Waals surface area contributed by atoms with E-state index in [1.807, 2.05) is 25.1 Å². The molecule has 0 saturated heterocycles. The van der Waals surface area contributed by atoms with Crippen LogP contribution in [0.1, 0.15) is 17.2 Å². The number of aliphatic hydroxyl groups excluding tert-OH is 1. The lowest BCUT2D eigenvalue weighted by Gasteiger charge is -2.15. The van der Waals surface area contributed by atoms with Crippen molar-refractivity contribution in [2.24, 2.45) is 0 Å². The zero-order valence-corrected chi connectivity index (χ0v) is 12.1. The van der Waals surface area contributed by atoms with Gasteiger partial charge in [-0.2, -0.15) is 0 Å². The molecule has 19 heavy (non-hydrogen) atoms. The summed E-state index contributed by atoms with van der Waals surface area (Å²) in [4.78, 5) is 0. The normalized spacial score (nSPS) is 12.2. The van der Waals surface area contributed by atoms with Crippen LogP contribution in [0.5, 0.6) is 0 Å². The van der Waals surface area contributed by atoms with E-state index < -0.39 is 6.10 Å². The van der Waals surface area contributed by atoms with E-state index in [4.69, 9.17) is 0 Å². The number of aliphatic hydroxyl groups is 1. The molecular weight excluding hydrogens is 309 g/mol. The summed E-state index contributed by atoms with van der Waals surface area (Å²) in [6, 6.07) is 11.7. The van der Waals surface area contributed by atoms with Gasteiger partial charge in [0.05, 0.1) is 6.10 Å². The van der Waals surface area contributed by atoms with Gasteiger partial charge in [0.1, 0.15) is 5.82 Å². The molecule has 2 aromatic carbocycles. The second-order valence-electron chi connectivity index (χ2n) is 4.36. The van der Waals surface area contributed by atoms with E-state index in [9.17, 15) is 9.50 Å². The molecule has 0 bridgehead atoms. The molecule has 2 rings (SSSR count). The fourth-order valence-corrected chi connectivity index (χ4v) is 2.17. The highest BCUT2D eigenvalue weighted by Crippen LogP contribution is 2.24. The molecule has 100 valence electrons. The number of halogens is 2. The SMILES string of the molecule is Cc1c(Br)cccc1NCC(O)c1ccc(F)cc1. The Kier molecular flexibility index (Phi) is 4.56. The van der Waals surface area contributed by atoms with Gasteiger partial charge in [0.15, 0.2) is 0 Å². The summed E-state index contributed by atoms with van der Waals surface area (Å²) in [6.07, 6.45) is -0.668. The average molecular weight is 324 g/mol. The Morgan fingerprint density at radius 1 is 1.21 bits per heavy atom. The van der Waals surface area contributed by atoms with Crippen LogP contribution < -0.4 is 5.32 Å². The van der Waals surface area contributed by atoms with Crippen LogP contribution in [-0.2, 0) is 0 Å². The summed E-state index contributed by atoms with van der Waals surface area (Å²) in [5.41, 5.74) is 2.76. The number of rotatable bonds is 4. The molecular formula is C15H15BrFNO. The van der Waals surface area contributed by atoms with Crippen LogP contribution in [0.4, 0.5) is 10.1 Å². The maximum absolute atomic E-state index is 12.8.